The fourth-order valence-corrected chi connectivity index (χ4v) is 5.51. The normalized spacial score (nSPS) is 11.3. The van der Waals surface area contributed by atoms with Gasteiger partial charge in [-0.25, -0.2) is 4.85 Å². The maximum absolute atomic E-state index is 10.4. The topological polar surface area (TPSA) is 38.0 Å². The predicted molar refractivity (Wildman–Crippen MR) is 146 cm³/mol. The number of aromatic nitrogens is 2. The smallest absolute Gasteiger partial charge is 0.190 e. The number of nitrogens with zero attached hydrogens (tertiary/aromatic N) is 4. The van der Waals surface area contributed by atoms with Gasteiger partial charge in [0.15, 0.2) is 5.69 Å². The van der Waals surface area contributed by atoms with E-state index in [0.717, 1.165) is 55.0 Å². The van der Waals surface area contributed by atoms with E-state index >= 15 is 0 Å². The molecule has 0 saturated carbocycles. The highest BCUT2D eigenvalue weighted by atomic mass is 15.1. The molecule has 0 N–H and O–H groups in total. The SMILES string of the molecule is [C-]#[N+]c1cc(C#N)c(-n2c3ccccc3c3ccccc32)c(-n2c3ccccc3c3ccccc32)c1. The molecule has 0 saturated heterocycles. The Labute approximate surface area is 207 Å². The van der Waals surface area contributed by atoms with E-state index in [4.69, 9.17) is 6.57 Å². The summed E-state index contributed by atoms with van der Waals surface area (Å²) >= 11 is 0. The first-order valence-corrected chi connectivity index (χ1v) is 11.7. The van der Waals surface area contributed by atoms with E-state index in [0.29, 0.717) is 11.3 Å². The lowest BCUT2D eigenvalue weighted by atomic mass is 10.1. The van der Waals surface area contributed by atoms with Crippen molar-refractivity contribution in [1.82, 2.24) is 9.13 Å². The van der Waals surface area contributed by atoms with Gasteiger partial charge in [-0.2, -0.15) is 5.26 Å². The first-order chi connectivity index (χ1) is 17.8. The van der Waals surface area contributed by atoms with Gasteiger partial charge < -0.3 is 9.13 Å². The second-order valence-corrected chi connectivity index (χ2v) is 8.82. The van der Waals surface area contributed by atoms with Crippen LogP contribution < -0.4 is 0 Å². The van der Waals surface area contributed by atoms with Gasteiger partial charge >= 0.3 is 0 Å². The van der Waals surface area contributed by atoms with Crippen LogP contribution in [0.15, 0.2) is 109 Å². The molecule has 166 valence electrons. The summed E-state index contributed by atoms with van der Waals surface area (Å²) in [6, 6.07) is 39.2. The third-order valence-electron chi connectivity index (χ3n) is 6.95. The van der Waals surface area contributed by atoms with Crippen molar-refractivity contribution in [3.63, 3.8) is 0 Å². The molecular formula is C32H18N4. The molecule has 2 aromatic heterocycles. The van der Waals surface area contributed by atoms with Crippen LogP contribution >= 0.6 is 0 Å². The molecule has 0 atom stereocenters. The van der Waals surface area contributed by atoms with Gasteiger partial charge in [-0.15, -0.1) is 0 Å². The zero-order valence-corrected chi connectivity index (χ0v) is 19.2. The molecule has 7 rings (SSSR count). The summed E-state index contributed by atoms with van der Waals surface area (Å²) in [5.74, 6) is 0. The Kier molecular flexibility index (Phi) is 4.24. The lowest BCUT2D eigenvalue weighted by molar-refractivity contribution is 1.09. The minimum atomic E-state index is 0.438. The van der Waals surface area contributed by atoms with Gasteiger partial charge in [0.1, 0.15) is 6.07 Å². The molecule has 2 heterocycles. The molecule has 0 amide bonds. The van der Waals surface area contributed by atoms with Gasteiger partial charge in [-0.3, -0.25) is 0 Å². The Bertz CT molecular complexity index is 1970. The van der Waals surface area contributed by atoms with Crippen molar-refractivity contribution in [2.75, 3.05) is 0 Å². The van der Waals surface area contributed by atoms with Crippen LogP contribution in [0.4, 0.5) is 5.69 Å². The fraction of sp³-hybridized carbons (Fsp3) is 0. The van der Waals surface area contributed by atoms with E-state index in [9.17, 15) is 5.26 Å². The van der Waals surface area contributed by atoms with Crippen molar-refractivity contribution >= 4 is 49.3 Å². The molecule has 0 fully saturated rings. The summed E-state index contributed by atoms with van der Waals surface area (Å²) in [6.07, 6.45) is 0. The van der Waals surface area contributed by atoms with Gasteiger partial charge in [0.05, 0.1) is 45.6 Å². The van der Waals surface area contributed by atoms with Crippen LogP contribution in [0, 0.1) is 17.9 Å². The summed E-state index contributed by atoms with van der Waals surface area (Å²) in [6.45, 7) is 7.77. The minimum absolute atomic E-state index is 0.438. The van der Waals surface area contributed by atoms with Gasteiger partial charge in [-0.1, -0.05) is 72.8 Å². The Hall–Kier alpha value is -5.32. The van der Waals surface area contributed by atoms with Crippen molar-refractivity contribution in [3.05, 3.63) is 126 Å². The van der Waals surface area contributed by atoms with Crippen molar-refractivity contribution < 1.29 is 0 Å². The molecular weight excluding hydrogens is 440 g/mol. The Morgan fingerprint density at radius 3 is 1.42 bits per heavy atom. The second-order valence-electron chi connectivity index (χ2n) is 8.82. The van der Waals surface area contributed by atoms with E-state index in [2.05, 4.69) is 68.6 Å². The first-order valence-electron chi connectivity index (χ1n) is 11.7. The predicted octanol–water partition coefficient (Wildman–Crippen LogP) is 8.30. The number of fused-ring (bicyclic) bond motifs is 6. The molecule has 5 aromatic carbocycles. The first kappa shape index (κ1) is 20.1. The van der Waals surface area contributed by atoms with Gasteiger partial charge in [0, 0.05) is 21.5 Å². The number of benzene rings is 5. The van der Waals surface area contributed by atoms with Crippen molar-refractivity contribution in [3.8, 4) is 17.4 Å². The number of hydrogen-bond donors (Lipinski definition) is 0. The van der Waals surface area contributed by atoms with Crippen LogP contribution in [0.1, 0.15) is 5.56 Å². The highest BCUT2D eigenvalue weighted by Gasteiger charge is 2.22. The molecule has 4 nitrogen and oxygen atoms in total. The summed E-state index contributed by atoms with van der Waals surface area (Å²) in [7, 11) is 0. The summed E-state index contributed by atoms with van der Waals surface area (Å²) in [4.78, 5) is 3.73. The maximum Gasteiger partial charge on any atom is 0.190 e. The monoisotopic (exact) mass is 458 g/mol. The van der Waals surface area contributed by atoms with Crippen LogP contribution in [0.2, 0.25) is 0 Å². The molecule has 0 aliphatic carbocycles. The average Bonchev–Trinajstić information content (AvgIpc) is 3.45. The van der Waals surface area contributed by atoms with Crippen LogP contribution in [0.3, 0.4) is 0 Å². The summed E-state index contributed by atoms with van der Waals surface area (Å²) in [5, 5.41) is 14.9. The van der Waals surface area contributed by atoms with Gasteiger partial charge in [-0.05, 0) is 36.4 Å². The van der Waals surface area contributed by atoms with E-state index in [-0.39, 0.29) is 0 Å². The van der Waals surface area contributed by atoms with Gasteiger partial charge in [0.25, 0.3) is 0 Å². The Balaban J connectivity index is 1.74. The summed E-state index contributed by atoms with van der Waals surface area (Å²) < 4.78 is 4.37. The molecule has 0 radical (unpaired) electrons. The van der Waals surface area contributed by atoms with Crippen LogP contribution in [-0.4, -0.2) is 9.13 Å². The van der Waals surface area contributed by atoms with Crippen molar-refractivity contribution in [1.29, 1.82) is 5.26 Å². The van der Waals surface area contributed by atoms with E-state index in [1.807, 2.05) is 54.6 Å². The highest BCUT2D eigenvalue weighted by Crippen LogP contribution is 2.40. The largest absolute Gasteiger partial charge is 0.308 e. The fourth-order valence-electron chi connectivity index (χ4n) is 5.51. The van der Waals surface area contributed by atoms with E-state index in [1.54, 1.807) is 6.07 Å². The third kappa shape index (κ3) is 2.67. The minimum Gasteiger partial charge on any atom is -0.308 e. The highest BCUT2D eigenvalue weighted by molar-refractivity contribution is 6.11. The van der Waals surface area contributed by atoms with Gasteiger partial charge in [0.2, 0.25) is 0 Å². The molecule has 0 aliphatic rings. The zero-order valence-electron chi connectivity index (χ0n) is 19.2. The zero-order chi connectivity index (χ0) is 24.2. The van der Waals surface area contributed by atoms with Crippen LogP contribution in [0.25, 0.3) is 59.8 Å². The molecule has 0 unspecified atom stereocenters. The molecule has 4 heteroatoms. The average molecular weight is 459 g/mol. The number of rotatable bonds is 2. The number of hydrogen-bond acceptors (Lipinski definition) is 1. The van der Waals surface area contributed by atoms with Crippen molar-refractivity contribution in [2.45, 2.75) is 0 Å². The standard InChI is InChI=1S/C32H18N4/c1-34-22-18-21(20-33)32(36-29-16-8-4-12-25(29)26-13-5-9-17-30(26)36)31(19-22)35-27-14-6-2-10-23(27)24-11-3-7-15-28(24)35/h2-19H. The number of para-hydroxylation sites is 4. The van der Waals surface area contributed by atoms with Crippen LogP contribution in [0.5, 0.6) is 0 Å². The van der Waals surface area contributed by atoms with Crippen LogP contribution in [-0.2, 0) is 0 Å². The lowest BCUT2D eigenvalue weighted by Gasteiger charge is -2.18. The second kappa shape index (κ2) is 7.60. The Morgan fingerprint density at radius 1 is 0.583 bits per heavy atom. The molecule has 0 aliphatic heterocycles. The van der Waals surface area contributed by atoms with E-state index in [1.165, 1.54) is 0 Å². The lowest BCUT2D eigenvalue weighted by Crippen LogP contribution is -2.06. The number of nitriles is 1. The summed E-state index contributed by atoms with van der Waals surface area (Å²) in [5.41, 5.74) is 6.59. The molecule has 36 heavy (non-hydrogen) atoms. The maximum atomic E-state index is 10.4. The van der Waals surface area contributed by atoms with E-state index < -0.39 is 0 Å². The molecule has 0 bridgehead atoms. The van der Waals surface area contributed by atoms with Crippen molar-refractivity contribution in [2.24, 2.45) is 0 Å². The molecule has 7 aromatic rings. The third-order valence-corrected chi connectivity index (χ3v) is 6.95. The quantitative estimate of drug-likeness (QED) is 0.240. The molecule has 0 spiro atoms. The Morgan fingerprint density at radius 2 is 1.00 bits per heavy atom.